The normalized spacial score (nSPS) is 13.4. The van der Waals surface area contributed by atoms with Crippen LogP contribution in [-0.2, 0) is 9.53 Å². The van der Waals surface area contributed by atoms with Crippen molar-refractivity contribution in [1.29, 1.82) is 0 Å². The summed E-state index contributed by atoms with van der Waals surface area (Å²) in [6, 6.07) is 22.0. The van der Waals surface area contributed by atoms with Crippen LogP contribution in [0.2, 0.25) is 0 Å². The van der Waals surface area contributed by atoms with Crippen molar-refractivity contribution in [2.45, 2.75) is 46.7 Å². The van der Waals surface area contributed by atoms with E-state index in [0.717, 1.165) is 64.0 Å². The Morgan fingerprint density at radius 3 is 1.66 bits per heavy atom. The molecule has 1 fully saturated rings. The van der Waals surface area contributed by atoms with E-state index >= 15 is 0 Å². The van der Waals surface area contributed by atoms with Gasteiger partial charge in [-0.1, -0.05) is 52.0 Å². The van der Waals surface area contributed by atoms with Crippen LogP contribution < -0.4 is 26.6 Å². The minimum Gasteiger partial charge on any atom is -0.508 e. The van der Waals surface area contributed by atoms with Crippen molar-refractivity contribution in [3.8, 4) is 39.5 Å². The average molecular weight is 961 g/mol. The Labute approximate surface area is 411 Å². The van der Waals surface area contributed by atoms with Crippen molar-refractivity contribution in [2.75, 3.05) is 66.1 Å². The standard InChI is InChI=1S/C19H23N5O2.C17H21N5O.C16H16N4O2/c1-12(2)17(11-25)23-18-19-20-7-8-24(19)10-16(22-18)14-5-4-6-15(9-14)21-13(3)26;1-11(2)15(10-23)21-16-17-19-6-7-22(17)9-14(20-16)12-4-3-5-13(18)8-12;21-13-3-1-12(2-4-13)14-11-20-6-5-17-15(20)16(18-14)19-7-9-22-10-8-19/h4-10,12,17,25H,11H2,1-3H3,(H,21,26)(H,22,23);3-9,11,15,23H,10,18H2,1-2H3,(H,20,21);1-6,11,21H,7-10H2/t17-;15-;/m00./s1. The lowest BCUT2D eigenvalue weighted by molar-refractivity contribution is -0.114. The van der Waals surface area contributed by atoms with Gasteiger partial charge in [-0.05, 0) is 60.4 Å². The molecular formula is C52H60N14O5. The Morgan fingerprint density at radius 1 is 0.662 bits per heavy atom. The van der Waals surface area contributed by atoms with E-state index in [0.29, 0.717) is 41.9 Å². The van der Waals surface area contributed by atoms with Crippen LogP contribution in [0.3, 0.4) is 0 Å². The number of rotatable bonds is 13. The number of aromatic nitrogens is 9. The maximum absolute atomic E-state index is 11.3. The summed E-state index contributed by atoms with van der Waals surface area (Å²) in [7, 11) is 0. The van der Waals surface area contributed by atoms with E-state index < -0.39 is 0 Å². The first-order valence-electron chi connectivity index (χ1n) is 23.5. The molecule has 1 aliphatic heterocycles. The third kappa shape index (κ3) is 12.0. The molecule has 1 aliphatic rings. The molecule has 8 N–H and O–H groups in total. The van der Waals surface area contributed by atoms with Gasteiger partial charge in [0.05, 0.1) is 55.6 Å². The smallest absolute Gasteiger partial charge is 0.221 e. The van der Waals surface area contributed by atoms with E-state index in [4.69, 9.17) is 25.4 Å². The largest absolute Gasteiger partial charge is 0.508 e. The highest BCUT2D eigenvalue weighted by Crippen LogP contribution is 2.29. The molecule has 71 heavy (non-hydrogen) atoms. The number of anilines is 5. The first-order chi connectivity index (χ1) is 34.4. The zero-order chi connectivity index (χ0) is 50.0. The predicted octanol–water partition coefficient (Wildman–Crippen LogP) is 7.13. The van der Waals surface area contributed by atoms with Crippen LogP contribution in [0.4, 0.5) is 28.8 Å². The Hall–Kier alpha value is -8.13. The number of carbonyl (C=O) groups excluding carboxylic acids is 1. The number of amides is 1. The van der Waals surface area contributed by atoms with Gasteiger partial charge in [-0.15, -0.1) is 0 Å². The molecule has 10 rings (SSSR count). The molecule has 0 radical (unpaired) electrons. The van der Waals surface area contributed by atoms with Crippen molar-refractivity contribution < 1.29 is 24.9 Å². The van der Waals surface area contributed by atoms with Crippen molar-refractivity contribution in [3.05, 3.63) is 129 Å². The first kappa shape index (κ1) is 49.3. The number of hydrogen-bond donors (Lipinski definition) is 7. The first-order valence-corrected chi connectivity index (χ1v) is 23.5. The van der Waals surface area contributed by atoms with Crippen molar-refractivity contribution in [3.63, 3.8) is 0 Å². The summed E-state index contributed by atoms with van der Waals surface area (Å²) < 4.78 is 11.2. The molecule has 1 amide bonds. The topological polar surface area (TPSA) is 243 Å². The average Bonchev–Trinajstić information content (AvgIpc) is 4.17. The third-order valence-electron chi connectivity index (χ3n) is 11.9. The number of carbonyl (C=O) groups is 1. The number of phenols is 1. The van der Waals surface area contributed by atoms with Crippen molar-refractivity contribution in [1.82, 2.24) is 43.1 Å². The Kier molecular flexibility index (Phi) is 15.6. The summed E-state index contributed by atoms with van der Waals surface area (Å²) in [4.78, 5) is 40.8. The van der Waals surface area contributed by atoms with Crippen LogP contribution in [0.1, 0.15) is 34.6 Å². The molecule has 368 valence electrons. The summed E-state index contributed by atoms with van der Waals surface area (Å²) in [5, 5.41) is 38.0. The summed E-state index contributed by atoms with van der Waals surface area (Å²) in [5.41, 5.74) is 14.7. The molecular weight excluding hydrogens is 901 g/mol. The third-order valence-corrected chi connectivity index (χ3v) is 11.9. The molecule has 0 spiro atoms. The number of aromatic hydroxyl groups is 1. The molecule has 0 bridgehead atoms. The molecule has 19 heteroatoms. The van der Waals surface area contributed by atoms with Crippen LogP contribution in [0, 0.1) is 11.8 Å². The lowest BCUT2D eigenvalue weighted by Crippen LogP contribution is -2.37. The van der Waals surface area contributed by atoms with Gasteiger partial charge in [0, 0.05) is 104 Å². The van der Waals surface area contributed by atoms with Crippen molar-refractivity contribution >= 4 is 51.7 Å². The second kappa shape index (κ2) is 22.5. The van der Waals surface area contributed by atoms with Gasteiger partial charge in [0.2, 0.25) is 5.91 Å². The van der Waals surface area contributed by atoms with E-state index in [-0.39, 0.29) is 48.8 Å². The van der Waals surface area contributed by atoms with Gasteiger partial charge in [0.25, 0.3) is 0 Å². The number of phenolic OH excluding ortho intramolecular Hbond substituents is 1. The van der Waals surface area contributed by atoms with Gasteiger partial charge in [-0.2, -0.15) is 0 Å². The molecule has 2 atom stereocenters. The maximum atomic E-state index is 11.3. The van der Waals surface area contributed by atoms with Crippen LogP contribution >= 0.6 is 0 Å². The number of hydrogen-bond acceptors (Lipinski definition) is 15. The van der Waals surface area contributed by atoms with Gasteiger partial charge in [-0.25, -0.2) is 29.9 Å². The lowest BCUT2D eigenvalue weighted by Gasteiger charge is -2.28. The van der Waals surface area contributed by atoms with Gasteiger partial charge >= 0.3 is 0 Å². The SMILES string of the molecule is CC(=O)Nc1cccc(-c2cn3ccnc3c(N[C@@H](CO)C(C)C)n2)c1.CC(C)[C@H](CO)Nc1nc(-c2cccc(N)c2)cn2ccnc12.Oc1ccc(-c2cn3ccnc3c(N3CCOCC3)n2)cc1. The zero-order valence-corrected chi connectivity index (χ0v) is 40.4. The molecule has 6 aromatic heterocycles. The molecule has 3 aromatic carbocycles. The molecule has 0 unspecified atom stereocenters. The molecule has 1 saturated heterocycles. The number of aliphatic hydroxyl groups excluding tert-OH is 2. The van der Waals surface area contributed by atoms with E-state index in [9.17, 15) is 20.1 Å². The van der Waals surface area contributed by atoms with Crippen LogP contribution in [0.5, 0.6) is 5.75 Å². The number of nitrogens with two attached hydrogens (primary N) is 1. The number of imidazole rings is 3. The van der Waals surface area contributed by atoms with Crippen LogP contribution in [0.25, 0.3) is 50.7 Å². The quantitative estimate of drug-likeness (QED) is 0.0569. The van der Waals surface area contributed by atoms with E-state index in [2.05, 4.69) is 49.6 Å². The highest BCUT2D eigenvalue weighted by atomic mass is 16.5. The minimum absolute atomic E-state index is 0.00839. The number of nitrogens with one attached hydrogen (secondary N) is 3. The number of nitrogens with zero attached hydrogens (tertiary/aromatic N) is 10. The Morgan fingerprint density at radius 2 is 1.15 bits per heavy atom. The molecule has 9 aromatic rings. The van der Waals surface area contributed by atoms with Gasteiger partial charge < -0.3 is 59.8 Å². The van der Waals surface area contributed by atoms with E-state index in [1.165, 1.54) is 6.92 Å². The fraction of sp³-hybridized carbons (Fsp3) is 0.288. The number of nitrogen functional groups attached to an aromatic ring is 1. The second-order valence-electron chi connectivity index (χ2n) is 17.8. The zero-order valence-electron chi connectivity index (χ0n) is 40.4. The number of aliphatic hydroxyl groups is 2. The predicted molar refractivity (Wildman–Crippen MR) is 277 cm³/mol. The molecule has 19 nitrogen and oxygen atoms in total. The van der Waals surface area contributed by atoms with Crippen molar-refractivity contribution in [2.24, 2.45) is 11.8 Å². The van der Waals surface area contributed by atoms with E-state index in [1.807, 2.05) is 125 Å². The van der Waals surface area contributed by atoms with E-state index in [1.54, 1.807) is 30.7 Å². The maximum Gasteiger partial charge on any atom is 0.221 e. The van der Waals surface area contributed by atoms with Gasteiger partial charge in [0.15, 0.2) is 34.4 Å². The second-order valence-corrected chi connectivity index (χ2v) is 17.8. The Bertz CT molecular complexity index is 3200. The van der Waals surface area contributed by atoms with Crippen LogP contribution in [-0.4, -0.2) is 116 Å². The highest BCUT2D eigenvalue weighted by Gasteiger charge is 2.20. The highest BCUT2D eigenvalue weighted by molar-refractivity contribution is 5.89. The molecule has 7 heterocycles. The molecule has 0 aliphatic carbocycles. The number of fused-ring (bicyclic) bond motifs is 3. The number of benzene rings is 3. The van der Waals surface area contributed by atoms with Gasteiger partial charge in [0.1, 0.15) is 5.75 Å². The monoisotopic (exact) mass is 960 g/mol. The summed E-state index contributed by atoms with van der Waals surface area (Å²) >= 11 is 0. The number of morpholine rings is 1. The Balaban J connectivity index is 0.000000143. The van der Waals surface area contributed by atoms with Gasteiger partial charge in [-0.3, -0.25) is 4.79 Å². The molecule has 0 saturated carbocycles. The lowest BCUT2D eigenvalue weighted by atomic mass is 10.1. The summed E-state index contributed by atoms with van der Waals surface area (Å²) in [6.45, 7) is 12.7. The fourth-order valence-corrected chi connectivity index (χ4v) is 7.86. The fourth-order valence-electron chi connectivity index (χ4n) is 7.86. The summed E-state index contributed by atoms with van der Waals surface area (Å²) in [6.07, 6.45) is 16.6. The van der Waals surface area contributed by atoms with Crippen LogP contribution in [0.15, 0.2) is 129 Å². The number of ether oxygens (including phenoxy) is 1. The summed E-state index contributed by atoms with van der Waals surface area (Å²) in [5.74, 6) is 2.79. The minimum atomic E-state index is -0.121.